The summed E-state index contributed by atoms with van der Waals surface area (Å²) in [6.07, 6.45) is 20.2. The zero-order valence-corrected chi connectivity index (χ0v) is 33.8. The number of benzene rings is 3. The highest BCUT2D eigenvalue weighted by atomic mass is 15.5. The quantitative estimate of drug-likeness (QED) is 0.249. The third-order valence-corrected chi connectivity index (χ3v) is 18.8. The van der Waals surface area contributed by atoms with E-state index in [0.29, 0.717) is 24.7 Å². The molecule has 0 amide bonds. The zero-order valence-electron chi connectivity index (χ0n) is 33.8. The van der Waals surface area contributed by atoms with E-state index in [4.69, 9.17) is 0 Å². The van der Waals surface area contributed by atoms with Crippen LogP contribution in [0.3, 0.4) is 0 Å². The van der Waals surface area contributed by atoms with Crippen molar-refractivity contribution in [1.29, 1.82) is 0 Å². The molecule has 0 aromatic heterocycles. The third-order valence-electron chi connectivity index (χ3n) is 18.8. The van der Waals surface area contributed by atoms with Crippen molar-refractivity contribution in [2.24, 2.45) is 29.6 Å². The molecule has 3 aromatic carbocycles. The molecule has 8 fully saturated rings. The van der Waals surface area contributed by atoms with Gasteiger partial charge in [-0.25, -0.2) is 0 Å². The van der Waals surface area contributed by atoms with Crippen molar-refractivity contribution >= 4 is 12.2 Å². The first-order valence-electron chi connectivity index (χ1n) is 23.4. The summed E-state index contributed by atoms with van der Waals surface area (Å²) in [6, 6.07) is 30.7. The van der Waals surface area contributed by atoms with Crippen LogP contribution in [-0.2, 0) is 0 Å². The lowest BCUT2D eigenvalue weighted by molar-refractivity contribution is -0.120. The molecule has 3 aromatic rings. The van der Waals surface area contributed by atoms with Gasteiger partial charge in [-0.3, -0.25) is 0 Å². The summed E-state index contributed by atoms with van der Waals surface area (Å²) in [4.78, 5) is 10.0. The Morgan fingerprint density at radius 3 is 2.22 bits per heavy atom. The molecule has 5 aliphatic carbocycles. The summed E-state index contributed by atoms with van der Waals surface area (Å²) < 4.78 is 0. The average molecular weight is 728 g/mol. The Morgan fingerprint density at radius 1 is 0.582 bits per heavy atom. The molecule has 284 valence electrons. The van der Waals surface area contributed by atoms with E-state index in [1.54, 1.807) is 22.2 Å². The maximum atomic E-state index is 3.38. The molecule has 5 aliphatic heterocycles. The minimum atomic E-state index is 0.672. The highest BCUT2D eigenvalue weighted by Crippen LogP contribution is 2.69. The van der Waals surface area contributed by atoms with Crippen LogP contribution in [0.4, 0.5) is 0 Å². The van der Waals surface area contributed by atoms with Gasteiger partial charge in [0.25, 0.3) is 0 Å². The van der Waals surface area contributed by atoms with Crippen LogP contribution in [0.25, 0.3) is 11.1 Å². The van der Waals surface area contributed by atoms with Gasteiger partial charge in [-0.2, -0.15) is 0 Å². The van der Waals surface area contributed by atoms with Gasteiger partial charge < -0.3 is 14.7 Å². The van der Waals surface area contributed by atoms with E-state index in [1.807, 2.05) is 11.5 Å². The SMILES string of the molecule is Cc1cc(C)c(C2CCC3C4=C5N(C3C2)C2CCCC3CCC6B(c7ccccc7-c7ccccc7)C7CCC8C9CCCCC9N4C8C7N5C6C32)c(C)c1. The fraction of sp³-hybridized carbons (Fsp3) is 0.608. The Hall–Kier alpha value is -3.14. The fourth-order valence-corrected chi connectivity index (χ4v) is 17.7. The van der Waals surface area contributed by atoms with Gasteiger partial charge in [-0.1, -0.05) is 116 Å². The molecular formula is C51H62BN3. The lowest BCUT2D eigenvalue weighted by Gasteiger charge is -2.71. The van der Waals surface area contributed by atoms with Gasteiger partial charge in [0, 0.05) is 42.0 Å². The molecule has 3 saturated heterocycles. The van der Waals surface area contributed by atoms with Crippen LogP contribution >= 0.6 is 0 Å². The first-order valence-corrected chi connectivity index (χ1v) is 23.4. The van der Waals surface area contributed by atoms with Crippen LogP contribution < -0.4 is 5.46 Å². The molecule has 0 radical (unpaired) electrons. The Kier molecular flexibility index (Phi) is 7.15. The second-order valence-electron chi connectivity index (χ2n) is 20.9. The second kappa shape index (κ2) is 12.0. The topological polar surface area (TPSA) is 9.72 Å². The van der Waals surface area contributed by atoms with Gasteiger partial charge in [-0.05, 0) is 135 Å². The van der Waals surface area contributed by atoms with Crippen molar-refractivity contribution in [2.45, 2.75) is 164 Å². The van der Waals surface area contributed by atoms with Crippen molar-refractivity contribution in [3.63, 3.8) is 0 Å². The Balaban J connectivity index is 1.01. The van der Waals surface area contributed by atoms with Gasteiger partial charge in [0.2, 0.25) is 0 Å². The van der Waals surface area contributed by atoms with Crippen LogP contribution in [-0.4, -0.2) is 57.7 Å². The molecule has 55 heavy (non-hydrogen) atoms. The molecule has 5 heterocycles. The molecule has 10 aliphatic rings. The van der Waals surface area contributed by atoms with E-state index < -0.39 is 0 Å². The van der Waals surface area contributed by atoms with Crippen LogP contribution in [0, 0.1) is 50.4 Å². The van der Waals surface area contributed by atoms with Gasteiger partial charge >= 0.3 is 0 Å². The average Bonchev–Trinajstić information content (AvgIpc) is 3.73. The van der Waals surface area contributed by atoms with E-state index in [-0.39, 0.29) is 0 Å². The van der Waals surface area contributed by atoms with Crippen molar-refractivity contribution < 1.29 is 0 Å². The Labute approximate surface area is 331 Å². The minimum absolute atomic E-state index is 0.672. The van der Waals surface area contributed by atoms with Crippen LogP contribution in [0.5, 0.6) is 0 Å². The third kappa shape index (κ3) is 4.31. The van der Waals surface area contributed by atoms with E-state index in [1.165, 1.54) is 107 Å². The minimum Gasteiger partial charge on any atom is -0.363 e. The maximum Gasteiger partial charge on any atom is 0.187 e. The predicted octanol–water partition coefficient (Wildman–Crippen LogP) is 10.5. The predicted molar refractivity (Wildman–Crippen MR) is 226 cm³/mol. The molecule has 0 spiro atoms. The number of nitrogens with zero attached hydrogens (tertiary/aromatic N) is 3. The summed E-state index contributed by atoms with van der Waals surface area (Å²) in [5.41, 5.74) is 12.9. The molecule has 14 atom stereocenters. The highest BCUT2D eigenvalue weighted by molar-refractivity contribution is 6.77. The van der Waals surface area contributed by atoms with E-state index >= 15 is 0 Å². The fourth-order valence-electron chi connectivity index (χ4n) is 17.7. The number of hydrogen-bond donors (Lipinski definition) is 0. The first kappa shape index (κ1) is 32.9. The van der Waals surface area contributed by atoms with Crippen LogP contribution in [0.15, 0.2) is 78.2 Å². The highest BCUT2D eigenvalue weighted by Gasteiger charge is 2.72. The number of aryl methyl sites for hydroxylation is 3. The lowest BCUT2D eigenvalue weighted by Crippen LogP contribution is -2.77. The number of rotatable bonds is 3. The zero-order chi connectivity index (χ0) is 36.3. The summed E-state index contributed by atoms with van der Waals surface area (Å²) in [7, 11) is 0. The number of fused-ring (bicyclic) bond motifs is 8. The van der Waals surface area contributed by atoms with Crippen molar-refractivity contribution in [2.75, 3.05) is 0 Å². The molecule has 5 saturated carbocycles. The smallest absolute Gasteiger partial charge is 0.187 e. The van der Waals surface area contributed by atoms with Crippen LogP contribution in [0.2, 0.25) is 11.6 Å². The van der Waals surface area contributed by atoms with E-state index in [9.17, 15) is 0 Å². The van der Waals surface area contributed by atoms with E-state index in [2.05, 4.69) is 102 Å². The van der Waals surface area contributed by atoms with Gasteiger partial charge in [0.05, 0.1) is 11.7 Å². The molecule has 0 N–H and O–H groups in total. The summed E-state index contributed by atoms with van der Waals surface area (Å²) in [6.45, 7) is 7.83. The van der Waals surface area contributed by atoms with Crippen LogP contribution in [0.1, 0.15) is 118 Å². The molecule has 3 nitrogen and oxygen atoms in total. The Bertz CT molecular complexity index is 2050. The van der Waals surface area contributed by atoms with Crippen molar-refractivity contribution in [3.8, 4) is 11.1 Å². The Morgan fingerprint density at radius 2 is 1.35 bits per heavy atom. The lowest BCUT2D eigenvalue weighted by atomic mass is 9.22. The van der Waals surface area contributed by atoms with Crippen molar-refractivity contribution in [1.82, 2.24) is 14.7 Å². The standard InChI is InChI=1S/C51H62BN3/c1-29-26-30(2)45(31(3)27-29)34-20-22-38-44(28-34)53-43-19-11-14-33-21-24-40-49(46(33)43)55-50-41(52(40)39-17-9-7-15-35(39)32-12-5-4-6-13-32)25-23-37-36-16-8-10-18-42(36)54(47(37)50)48(38)51(53)55/h4-7,9,12-13,15,17,26-27,33-34,36-38,40-44,46-47,49-50H,8,10-11,14,16,18-25,28H2,1-3H3. The molecule has 14 unspecified atom stereocenters. The maximum absolute atomic E-state index is 3.38. The molecule has 4 heteroatoms. The first-order chi connectivity index (χ1) is 27.1. The molecule has 13 rings (SSSR count). The summed E-state index contributed by atoms with van der Waals surface area (Å²) in [5.74, 6) is 8.35. The van der Waals surface area contributed by atoms with Gasteiger partial charge in [-0.15, -0.1) is 0 Å². The summed E-state index contributed by atoms with van der Waals surface area (Å²) in [5, 5.41) is 0. The second-order valence-corrected chi connectivity index (χ2v) is 20.9. The van der Waals surface area contributed by atoms with Gasteiger partial charge in [0.15, 0.2) is 6.71 Å². The normalized spacial score (nSPS) is 41.6. The van der Waals surface area contributed by atoms with Crippen molar-refractivity contribution in [3.05, 3.63) is 101 Å². The van der Waals surface area contributed by atoms with Gasteiger partial charge in [0.1, 0.15) is 5.82 Å². The largest absolute Gasteiger partial charge is 0.363 e. The van der Waals surface area contributed by atoms with E-state index in [0.717, 1.165) is 65.4 Å². The summed E-state index contributed by atoms with van der Waals surface area (Å²) >= 11 is 0. The molecule has 0 bridgehead atoms. The monoisotopic (exact) mass is 728 g/mol. The molecular weight excluding hydrogens is 665 g/mol. The number of hydrogen-bond acceptors (Lipinski definition) is 3.